The Morgan fingerprint density at radius 1 is 1.09 bits per heavy atom. The van der Waals surface area contributed by atoms with Crippen molar-refractivity contribution in [3.8, 4) is 5.69 Å². The predicted molar refractivity (Wildman–Crippen MR) is 119 cm³/mol. The Bertz CT molecular complexity index is 1430. The Balaban J connectivity index is 1.43. The topological polar surface area (TPSA) is 123 Å². The van der Waals surface area contributed by atoms with Crippen molar-refractivity contribution in [2.75, 3.05) is 6.61 Å². The van der Waals surface area contributed by atoms with Crippen LogP contribution in [0.25, 0.3) is 16.6 Å². The molecule has 0 saturated heterocycles. The highest BCUT2D eigenvalue weighted by molar-refractivity contribution is 5.83. The number of hydrogen-bond acceptors (Lipinski definition) is 6. The second kappa shape index (κ2) is 8.72. The molecule has 0 radical (unpaired) electrons. The van der Waals surface area contributed by atoms with E-state index in [2.05, 4.69) is 20.6 Å². The third-order valence-corrected chi connectivity index (χ3v) is 4.73. The van der Waals surface area contributed by atoms with E-state index in [4.69, 9.17) is 4.84 Å². The molecule has 0 spiro atoms. The number of aryl methyl sites for hydroxylation is 2. The zero-order valence-corrected chi connectivity index (χ0v) is 17.4. The van der Waals surface area contributed by atoms with Crippen LogP contribution in [0.3, 0.4) is 0 Å². The van der Waals surface area contributed by atoms with Gasteiger partial charge in [0.15, 0.2) is 6.61 Å². The van der Waals surface area contributed by atoms with Crippen LogP contribution in [0.5, 0.6) is 0 Å². The minimum atomic E-state index is -0.600. The number of rotatable bonds is 6. The van der Waals surface area contributed by atoms with Crippen LogP contribution in [0.15, 0.2) is 69.3 Å². The third-order valence-electron chi connectivity index (χ3n) is 4.73. The van der Waals surface area contributed by atoms with Gasteiger partial charge in [-0.25, -0.2) is 15.1 Å². The molecule has 2 aromatic carbocycles. The number of nitrogens with one attached hydrogen (secondary N) is 2. The lowest BCUT2D eigenvalue weighted by molar-refractivity contribution is -0.126. The molecule has 4 aromatic rings. The van der Waals surface area contributed by atoms with Crippen LogP contribution >= 0.6 is 0 Å². The van der Waals surface area contributed by atoms with Gasteiger partial charge in [0.05, 0.1) is 28.4 Å². The molecule has 10 nitrogen and oxygen atoms in total. The molecular weight excluding hydrogens is 412 g/mol. The number of carbonyl (C=O) groups is 1. The maximum atomic E-state index is 12.6. The summed E-state index contributed by atoms with van der Waals surface area (Å²) in [7, 11) is 0. The molecule has 0 saturated carbocycles. The van der Waals surface area contributed by atoms with Crippen molar-refractivity contribution >= 4 is 23.0 Å². The van der Waals surface area contributed by atoms with Crippen molar-refractivity contribution in [2.24, 2.45) is 5.10 Å². The average Bonchev–Trinajstić information content (AvgIpc) is 3.08. The quantitative estimate of drug-likeness (QED) is 0.349. The largest absolute Gasteiger partial charge is 0.399 e. The normalized spacial score (nSPS) is 11.2. The summed E-state index contributed by atoms with van der Waals surface area (Å²) in [5, 5.41) is 7.19. The van der Waals surface area contributed by atoms with E-state index >= 15 is 0 Å². The zero-order valence-electron chi connectivity index (χ0n) is 17.4. The SMILES string of the molecule is Cc1[nH]n(-c2ccccc2)c(=O)c1/C=N/NC(=O)COn1c(C)nc2ccccc2c1=O. The van der Waals surface area contributed by atoms with Gasteiger partial charge in [0, 0.05) is 5.69 Å². The molecule has 0 aliphatic heterocycles. The molecule has 2 N–H and O–H groups in total. The molecule has 32 heavy (non-hydrogen) atoms. The highest BCUT2D eigenvalue weighted by Gasteiger charge is 2.12. The van der Waals surface area contributed by atoms with Gasteiger partial charge in [0.1, 0.15) is 5.82 Å². The molecule has 0 atom stereocenters. The van der Waals surface area contributed by atoms with Crippen LogP contribution in [0.4, 0.5) is 0 Å². The minimum absolute atomic E-state index is 0.299. The second-order valence-corrected chi connectivity index (χ2v) is 6.97. The number of H-pyrrole nitrogens is 1. The summed E-state index contributed by atoms with van der Waals surface area (Å²) in [5.74, 6) is -0.285. The van der Waals surface area contributed by atoms with Crippen molar-refractivity contribution in [3.05, 3.63) is 92.4 Å². The first-order valence-electron chi connectivity index (χ1n) is 9.76. The molecule has 1 amide bonds. The van der Waals surface area contributed by atoms with Crippen LogP contribution in [0.2, 0.25) is 0 Å². The number of fused-ring (bicyclic) bond motifs is 1. The summed E-state index contributed by atoms with van der Waals surface area (Å²) in [6.07, 6.45) is 1.26. The minimum Gasteiger partial charge on any atom is -0.399 e. The fourth-order valence-corrected chi connectivity index (χ4v) is 3.17. The fourth-order valence-electron chi connectivity index (χ4n) is 3.17. The van der Waals surface area contributed by atoms with Crippen LogP contribution in [0, 0.1) is 13.8 Å². The van der Waals surface area contributed by atoms with Crippen molar-refractivity contribution in [1.82, 2.24) is 24.9 Å². The van der Waals surface area contributed by atoms with Gasteiger partial charge >= 0.3 is 0 Å². The number of aromatic nitrogens is 4. The lowest BCUT2D eigenvalue weighted by Gasteiger charge is -2.10. The molecule has 0 fully saturated rings. The number of aromatic amines is 1. The highest BCUT2D eigenvalue weighted by Crippen LogP contribution is 2.07. The van der Waals surface area contributed by atoms with Gasteiger partial charge in [-0.05, 0) is 38.1 Å². The van der Waals surface area contributed by atoms with Crippen molar-refractivity contribution < 1.29 is 9.63 Å². The Morgan fingerprint density at radius 2 is 1.81 bits per heavy atom. The van der Waals surface area contributed by atoms with Gasteiger partial charge in [0.25, 0.3) is 17.0 Å². The van der Waals surface area contributed by atoms with Gasteiger partial charge in [-0.3, -0.25) is 19.5 Å². The molecule has 10 heteroatoms. The van der Waals surface area contributed by atoms with Crippen LogP contribution in [-0.2, 0) is 4.79 Å². The van der Waals surface area contributed by atoms with Crippen LogP contribution < -0.4 is 21.4 Å². The van der Waals surface area contributed by atoms with E-state index in [1.165, 1.54) is 10.9 Å². The molecule has 162 valence electrons. The lowest BCUT2D eigenvalue weighted by Crippen LogP contribution is -2.35. The van der Waals surface area contributed by atoms with E-state index in [1.54, 1.807) is 50.2 Å². The van der Waals surface area contributed by atoms with Gasteiger partial charge in [0.2, 0.25) is 0 Å². The van der Waals surface area contributed by atoms with E-state index in [1.807, 2.05) is 18.2 Å². The van der Waals surface area contributed by atoms with Gasteiger partial charge in [-0.15, -0.1) is 4.73 Å². The van der Waals surface area contributed by atoms with E-state index < -0.39 is 18.1 Å². The number of carbonyl (C=O) groups excluding carboxylic acids is 1. The number of benzene rings is 2. The first-order valence-corrected chi connectivity index (χ1v) is 9.76. The zero-order chi connectivity index (χ0) is 22.7. The molecule has 2 aromatic heterocycles. The average molecular weight is 432 g/mol. The highest BCUT2D eigenvalue weighted by atomic mass is 16.7. The maximum Gasteiger partial charge on any atom is 0.294 e. The molecule has 4 rings (SSSR count). The summed E-state index contributed by atoms with van der Waals surface area (Å²) < 4.78 is 2.37. The van der Waals surface area contributed by atoms with Crippen molar-refractivity contribution in [2.45, 2.75) is 13.8 Å². The van der Waals surface area contributed by atoms with E-state index in [0.717, 1.165) is 4.73 Å². The number of nitrogens with zero attached hydrogens (tertiary/aromatic N) is 4. The summed E-state index contributed by atoms with van der Waals surface area (Å²) in [6, 6.07) is 16.0. The van der Waals surface area contributed by atoms with Crippen molar-refractivity contribution in [3.63, 3.8) is 0 Å². The Hall–Kier alpha value is -4.47. The molecule has 0 aliphatic carbocycles. The lowest BCUT2D eigenvalue weighted by atomic mass is 10.2. The van der Waals surface area contributed by atoms with E-state index in [9.17, 15) is 14.4 Å². The van der Waals surface area contributed by atoms with Crippen LogP contribution in [-0.4, -0.2) is 38.2 Å². The second-order valence-electron chi connectivity index (χ2n) is 6.97. The Labute approximate surface area is 181 Å². The number of amides is 1. The summed E-state index contributed by atoms with van der Waals surface area (Å²) in [4.78, 5) is 46.9. The standard InChI is InChI=1S/C22H20N6O4/c1-14-18(21(30)27(26-14)16-8-4-3-5-9-16)12-23-25-20(29)13-32-28-15(2)24-19-11-7-6-10-17(19)22(28)31/h3-12,26H,13H2,1-2H3,(H,25,29)/b23-12+. The van der Waals surface area contributed by atoms with E-state index in [0.29, 0.717) is 33.7 Å². The van der Waals surface area contributed by atoms with Gasteiger partial charge in [-0.1, -0.05) is 30.3 Å². The van der Waals surface area contributed by atoms with Gasteiger partial charge < -0.3 is 4.84 Å². The van der Waals surface area contributed by atoms with Crippen LogP contribution in [0.1, 0.15) is 17.1 Å². The molecular formula is C22H20N6O4. The number of hydrogen-bond donors (Lipinski definition) is 2. The first kappa shape index (κ1) is 20.8. The van der Waals surface area contributed by atoms with E-state index in [-0.39, 0.29) is 5.56 Å². The number of hydrazone groups is 1. The molecule has 2 heterocycles. The smallest absolute Gasteiger partial charge is 0.294 e. The first-order chi connectivity index (χ1) is 15.5. The third kappa shape index (κ3) is 4.06. The molecule has 0 aliphatic rings. The summed E-state index contributed by atoms with van der Waals surface area (Å²) in [5.41, 5.74) is 3.71. The maximum absolute atomic E-state index is 12.6. The Kier molecular flexibility index (Phi) is 5.67. The fraction of sp³-hybridized carbons (Fsp3) is 0.136. The summed E-state index contributed by atoms with van der Waals surface area (Å²) >= 11 is 0. The van der Waals surface area contributed by atoms with Crippen molar-refractivity contribution in [1.29, 1.82) is 0 Å². The molecule has 0 unspecified atom stereocenters. The van der Waals surface area contributed by atoms with Gasteiger partial charge in [-0.2, -0.15) is 5.10 Å². The predicted octanol–water partition coefficient (Wildman–Crippen LogP) is 1.07. The molecule has 0 bridgehead atoms. The number of para-hydroxylation sites is 2. The monoisotopic (exact) mass is 432 g/mol. The Morgan fingerprint density at radius 3 is 2.59 bits per heavy atom. The summed E-state index contributed by atoms with van der Waals surface area (Å²) in [6.45, 7) is 2.88.